The van der Waals surface area contributed by atoms with Crippen molar-refractivity contribution < 1.29 is 4.79 Å². The second-order valence-corrected chi connectivity index (χ2v) is 10.5. The number of amides is 1. The Bertz CT molecular complexity index is 985. The van der Waals surface area contributed by atoms with Crippen LogP contribution in [0.1, 0.15) is 71.9 Å². The van der Waals surface area contributed by atoms with Crippen LogP contribution in [0.25, 0.3) is 0 Å². The molecule has 2 aliphatic heterocycles. The molecule has 1 atom stereocenters. The quantitative estimate of drug-likeness (QED) is 0.652. The first-order valence-corrected chi connectivity index (χ1v) is 13.5. The van der Waals surface area contributed by atoms with Crippen LogP contribution in [0.3, 0.4) is 0 Å². The molecule has 2 aromatic rings. The van der Waals surface area contributed by atoms with Crippen LogP contribution >= 0.6 is 0 Å². The number of hydrogen-bond donors (Lipinski definition) is 0. The Kier molecular flexibility index (Phi) is 7.35. The molecular weight excluding hydrogens is 422 g/mol. The van der Waals surface area contributed by atoms with E-state index in [1.54, 1.807) is 0 Å². The molecule has 3 aliphatic rings. The molecule has 6 heteroatoms. The van der Waals surface area contributed by atoms with E-state index in [1.165, 1.54) is 35.2 Å². The van der Waals surface area contributed by atoms with E-state index < -0.39 is 0 Å². The molecule has 1 aliphatic carbocycles. The van der Waals surface area contributed by atoms with Gasteiger partial charge in [0.25, 0.3) is 5.91 Å². The molecule has 34 heavy (non-hydrogen) atoms. The van der Waals surface area contributed by atoms with Gasteiger partial charge in [0.1, 0.15) is 0 Å². The minimum atomic E-state index is 0.175. The van der Waals surface area contributed by atoms with Crippen LogP contribution in [0.2, 0.25) is 0 Å². The predicted molar refractivity (Wildman–Crippen MR) is 136 cm³/mol. The highest BCUT2D eigenvalue weighted by atomic mass is 16.2. The lowest BCUT2D eigenvalue weighted by molar-refractivity contribution is 0.0712. The number of fused-ring (bicyclic) bond motifs is 1. The van der Waals surface area contributed by atoms with E-state index in [0.717, 1.165) is 90.2 Å². The highest BCUT2D eigenvalue weighted by molar-refractivity contribution is 5.94. The van der Waals surface area contributed by atoms with Gasteiger partial charge in [0.05, 0.1) is 0 Å². The Hall–Kier alpha value is -2.18. The van der Waals surface area contributed by atoms with Crippen molar-refractivity contribution >= 4 is 5.91 Å². The van der Waals surface area contributed by atoms with Gasteiger partial charge in [0.2, 0.25) is 0 Å². The van der Waals surface area contributed by atoms with Crippen molar-refractivity contribution in [2.24, 2.45) is 0 Å². The lowest BCUT2D eigenvalue weighted by Crippen LogP contribution is -2.51. The number of hydrogen-bond acceptors (Lipinski definition) is 4. The van der Waals surface area contributed by atoms with E-state index in [2.05, 4.69) is 57.5 Å². The number of nitrogens with zero attached hydrogens (tertiary/aromatic N) is 5. The summed E-state index contributed by atoms with van der Waals surface area (Å²) in [5, 5.41) is 4.90. The largest absolute Gasteiger partial charge is 0.337 e. The molecule has 2 fully saturated rings. The molecule has 0 radical (unpaired) electrons. The molecule has 1 aromatic heterocycles. The van der Waals surface area contributed by atoms with E-state index in [-0.39, 0.29) is 5.91 Å². The SMILES string of the molecule is CCCn1nc(C(=O)N2CCCCC2)c2c1CCC(N1CCN(Cc3cccc(C)c3)CC1)C2. The number of aryl methyl sites for hydroxylation is 2. The normalized spacial score (nSPS) is 22.1. The standard InChI is InChI=1S/C28H41N5O/c1-3-12-33-26-11-10-24(20-25(26)27(29-33)28(34)32-13-5-4-6-14-32)31-17-15-30(16-18-31)21-23-9-7-8-22(2)19-23/h7-9,19,24H,3-6,10-18,20-21H2,1-2H3. The molecule has 1 aromatic carbocycles. The summed E-state index contributed by atoms with van der Waals surface area (Å²) in [4.78, 5) is 20.8. The number of carbonyl (C=O) groups excluding carboxylic acids is 1. The molecule has 6 nitrogen and oxygen atoms in total. The molecule has 1 amide bonds. The van der Waals surface area contributed by atoms with E-state index >= 15 is 0 Å². The molecule has 5 rings (SSSR count). The van der Waals surface area contributed by atoms with E-state index in [9.17, 15) is 4.79 Å². The first-order chi connectivity index (χ1) is 16.6. The first-order valence-electron chi connectivity index (χ1n) is 13.5. The number of piperidine rings is 1. The Morgan fingerprint density at radius 2 is 1.85 bits per heavy atom. The molecular formula is C28H41N5O. The molecule has 184 valence electrons. The fourth-order valence-electron chi connectivity index (χ4n) is 6.15. The third kappa shape index (κ3) is 5.08. The van der Waals surface area contributed by atoms with Gasteiger partial charge in [0, 0.05) is 69.7 Å². The maximum atomic E-state index is 13.4. The number of benzene rings is 1. The van der Waals surface area contributed by atoms with Crippen molar-refractivity contribution in [3.63, 3.8) is 0 Å². The second-order valence-electron chi connectivity index (χ2n) is 10.5. The molecule has 2 saturated heterocycles. The average molecular weight is 464 g/mol. The highest BCUT2D eigenvalue weighted by Crippen LogP contribution is 2.30. The first kappa shape index (κ1) is 23.6. The lowest BCUT2D eigenvalue weighted by atomic mass is 9.89. The van der Waals surface area contributed by atoms with E-state index in [4.69, 9.17) is 5.10 Å². The summed E-state index contributed by atoms with van der Waals surface area (Å²) in [6.07, 6.45) is 7.74. The highest BCUT2D eigenvalue weighted by Gasteiger charge is 2.34. The smallest absolute Gasteiger partial charge is 0.274 e. The summed E-state index contributed by atoms with van der Waals surface area (Å²) in [6, 6.07) is 9.43. The fraction of sp³-hybridized carbons (Fsp3) is 0.643. The molecule has 3 heterocycles. The maximum absolute atomic E-state index is 13.4. The molecule has 1 unspecified atom stereocenters. The minimum Gasteiger partial charge on any atom is -0.337 e. The zero-order valence-electron chi connectivity index (χ0n) is 21.1. The van der Waals surface area contributed by atoms with Crippen molar-refractivity contribution in [3.05, 3.63) is 52.3 Å². The Morgan fingerprint density at radius 1 is 1.06 bits per heavy atom. The monoisotopic (exact) mass is 463 g/mol. The zero-order valence-corrected chi connectivity index (χ0v) is 21.1. The summed E-state index contributed by atoms with van der Waals surface area (Å²) in [5.74, 6) is 0.175. The van der Waals surface area contributed by atoms with Crippen molar-refractivity contribution in [2.45, 2.75) is 77.9 Å². The molecule has 0 N–H and O–H groups in total. The van der Waals surface area contributed by atoms with Crippen LogP contribution in [0, 0.1) is 6.92 Å². The lowest BCUT2D eigenvalue weighted by Gasteiger charge is -2.41. The molecule has 0 spiro atoms. The number of piperazine rings is 1. The Balaban J connectivity index is 1.25. The van der Waals surface area contributed by atoms with Gasteiger partial charge in [-0.25, -0.2) is 0 Å². The third-order valence-corrected chi connectivity index (χ3v) is 8.01. The number of aromatic nitrogens is 2. The summed E-state index contributed by atoms with van der Waals surface area (Å²) in [6.45, 7) is 12.6. The van der Waals surface area contributed by atoms with Crippen LogP contribution in [0.15, 0.2) is 24.3 Å². The summed E-state index contributed by atoms with van der Waals surface area (Å²) < 4.78 is 2.16. The van der Waals surface area contributed by atoms with Crippen LogP contribution in [0.4, 0.5) is 0 Å². The van der Waals surface area contributed by atoms with Gasteiger partial charge >= 0.3 is 0 Å². The van der Waals surface area contributed by atoms with Gasteiger partial charge in [-0.2, -0.15) is 5.10 Å². The predicted octanol–water partition coefficient (Wildman–Crippen LogP) is 3.90. The van der Waals surface area contributed by atoms with Crippen molar-refractivity contribution in [1.29, 1.82) is 0 Å². The third-order valence-electron chi connectivity index (χ3n) is 8.01. The van der Waals surface area contributed by atoms with Gasteiger partial charge < -0.3 is 4.90 Å². The van der Waals surface area contributed by atoms with E-state index in [1.807, 2.05) is 0 Å². The van der Waals surface area contributed by atoms with Crippen LogP contribution in [0.5, 0.6) is 0 Å². The Labute approximate surface area is 204 Å². The van der Waals surface area contributed by atoms with Crippen LogP contribution < -0.4 is 0 Å². The second kappa shape index (κ2) is 10.6. The van der Waals surface area contributed by atoms with E-state index in [0.29, 0.717) is 6.04 Å². The van der Waals surface area contributed by atoms with Crippen molar-refractivity contribution in [3.8, 4) is 0 Å². The van der Waals surface area contributed by atoms with Crippen LogP contribution in [-0.4, -0.2) is 75.7 Å². The minimum absolute atomic E-state index is 0.175. The van der Waals surface area contributed by atoms with Gasteiger partial charge in [-0.1, -0.05) is 36.8 Å². The maximum Gasteiger partial charge on any atom is 0.274 e. The van der Waals surface area contributed by atoms with Gasteiger partial charge in [-0.3, -0.25) is 19.3 Å². The fourth-order valence-corrected chi connectivity index (χ4v) is 6.15. The number of rotatable bonds is 6. The van der Waals surface area contributed by atoms with Crippen molar-refractivity contribution in [1.82, 2.24) is 24.5 Å². The summed E-state index contributed by atoms with van der Waals surface area (Å²) in [7, 11) is 0. The van der Waals surface area contributed by atoms with Gasteiger partial charge in [0.15, 0.2) is 5.69 Å². The molecule has 0 bridgehead atoms. The Morgan fingerprint density at radius 3 is 2.59 bits per heavy atom. The average Bonchev–Trinajstić information content (AvgIpc) is 3.22. The topological polar surface area (TPSA) is 44.6 Å². The van der Waals surface area contributed by atoms with Crippen LogP contribution in [-0.2, 0) is 25.9 Å². The van der Waals surface area contributed by atoms with Crippen molar-refractivity contribution in [2.75, 3.05) is 39.3 Å². The summed E-state index contributed by atoms with van der Waals surface area (Å²) >= 11 is 0. The number of likely N-dealkylation sites (tertiary alicyclic amines) is 1. The number of carbonyl (C=O) groups is 1. The zero-order chi connectivity index (χ0) is 23.5. The summed E-state index contributed by atoms with van der Waals surface area (Å²) in [5.41, 5.74) is 6.10. The molecule has 0 saturated carbocycles. The van der Waals surface area contributed by atoms with Gasteiger partial charge in [-0.05, 0) is 57.4 Å². The van der Waals surface area contributed by atoms with Gasteiger partial charge in [-0.15, -0.1) is 0 Å².